The maximum atomic E-state index is 12.0. The summed E-state index contributed by atoms with van der Waals surface area (Å²) in [5.74, 6) is 0.331. The Morgan fingerprint density at radius 2 is 1.64 bits per heavy atom. The zero-order valence-corrected chi connectivity index (χ0v) is 20.4. The molecule has 1 saturated heterocycles. The van der Waals surface area contributed by atoms with Crippen molar-refractivity contribution in [2.24, 2.45) is 0 Å². The van der Waals surface area contributed by atoms with Gasteiger partial charge in [0.05, 0.1) is 6.04 Å². The first-order valence-corrected chi connectivity index (χ1v) is 12.1. The van der Waals surface area contributed by atoms with Crippen molar-refractivity contribution in [3.8, 4) is 5.75 Å². The van der Waals surface area contributed by atoms with E-state index in [9.17, 15) is 9.90 Å². The van der Waals surface area contributed by atoms with Gasteiger partial charge in [-0.1, -0.05) is 60.7 Å². The lowest BCUT2D eigenvalue weighted by molar-refractivity contribution is 0.0567. The van der Waals surface area contributed by atoms with Crippen molar-refractivity contribution >= 4 is 17.4 Å². The maximum absolute atomic E-state index is 12.0. The monoisotopic (exact) mass is 464 g/mol. The molecule has 4 nitrogen and oxygen atoms in total. The Morgan fingerprint density at radius 3 is 2.27 bits per heavy atom. The number of rotatable bonds is 6. The molecule has 1 fully saturated rings. The van der Waals surface area contributed by atoms with Crippen LogP contribution >= 0.6 is 11.6 Å². The van der Waals surface area contributed by atoms with E-state index in [1.54, 1.807) is 13.0 Å². The van der Waals surface area contributed by atoms with Crippen LogP contribution in [0.1, 0.15) is 46.9 Å². The van der Waals surface area contributed by atoms with E-state index in [0.717, 1.165) is 42.9 Å². The van der Waals surface area contributed by atoms with Gasteiger partial charge in [-0.25, -0.2) is 0 Å². The van der Waals surface area contributed by atoms with E-state index in [0.29, 0.717) is 6.04 Å². The largest absolute Gasteiger partial charge is 0.508 e. The molecule has 1 aliphatic rings. The lowest BCUT2D eigenvalue weighted by Gasteiger charge is -2.44. The molecule has 0 radical (unpaired) electrons. The molecule has 1 N–H and O–H groups in total. The SMILES string of the molecule is CC(=O)c1cccc(C(c2cccc(O)c2)N2CCN(Cc3ccccc3)CC2C)c1.CCl. The summed E-state index contributed by atoms with van der Waals surface area (Å²) in [6.07, 6.45) is 1.47. The molecule has 174 valence electrons. The average Bonchev–Trinajstić information content (AvgIpc) is 2.83. The Morgan fingerprint density at radius 1 is 0.970 bits per heavy atom. The van der Waals surface area contributed by atoms with E-state index in [2.05, 4.69) is 70.8 Å². The van der Waals surface area contributed by atoms with Gasteiger partial charge in [0.2, 0.25) is 0 Å². The summed E-state index contributed by atoms with van der Waals surface area (Å²) in [4.78, 5) is 17.0. The van der Waals surface area contributed by atoms with Crippen molar-refractivity contribution < 1.29 is 9.90 Å². The summed E-state index contributed by atoms with van der Waals surface area (Å²) >= 11 is 4.64. The molecule has 33 heavy (non-hydrogen) atoms. The third kappa shape index (κ3) is 6.44. The van der Waals surface area contributed by atoms with E-state index < -0.39 is 0 Å². The number of phenols is 1. The van der Waals surface area contributed by atoms with E-state index in [1.165, 1.54) is 11.9 Å². The molecule has 0 bridgehead atoms. The molecule has 0 spiro atoms. The fourth-order valence-corrected chi connectivity index (χ4v) is 4.61. The number of Topliss-reactive ketones (excluding diaryl/α,β-unsaturated/α-hetero) is 1. The van der Waals surface area contributed by atoms with Crippen LogP contribution in [0.3, 0.4) is 0 Å². The number of hydrogen-bond acceptors (Lipinski definition) is 4. The second kappa shape index (κ2) is 12.0. The fourth-order valence-electron chi connectivity index (χ4n) is 4.61. The molecule has 2 unspecified atom stereocenters. The van der Waals surface area contributed by atoms with Gasteiger partial charge in [0.15, 0.2) is 5.78 Å². The number of piperazine rings is 1. The minimum Gasteiger partial charge on any atom is -0.508 e. The second-order valence-electron chi connectivity index (χ2n) is 8.49. The van der Waals surface area contributed by atoms with Crippen LogP contribution in [0.2, 0.25) is 0 Å². The summed E-state index contributed by atoms with van der Waals surface area (Å²) in [5.41, 5.74) is 4.19. The summed E-state index contributed by atoms with van der Waals surface area (Å²) in [6, 6.07) is 26.3. The quantitative estimate of drug-likeness (QED) is 0.373. The standard InChI is InChI=1S/C27H30N2O2.CH3Cl/c1-20-18-28(19-22-8-4-3-5-9-22)14-15-29(20)27(25-12-7-13-26(31)17-25)24-11-6-10-23(16-24)21(2)30;1-2/h3-13,16-17,20,27,31H,14-15,18-19H2,1-2H3;1H3. The highest BCUT2D eigenvalue weighted by molar-refractivity contribution is 6.15. The van der Waals surface area contributed by atoms with Crippen LogP contribution in [0.5, 0.6) is 5.75 Å². The van der Waals surface area contributed by atoms with Crippen LogP contribution in [0, 0.1) is 0 Å². The van der Waals surface area contributed by atoms with Crippen LogP contribution in [-0.4, -0.2) is 52.7 Å². The molecule has 1 heterocycles. The maximum Gasteiger partial charge on any atom is 0.159 e. The van der Waals surface area contributed by atoms with Gasteiger partial charge in [-0.05, 0) is 48.7 Å². The van der Waals surface area contributed by atoms with Gasteiger partial charge < -0.3 is 5.11 Å². The molecule has 4 rings (SSSR count). The second-order valence-corrected chi connectivity index (χ2v) is 8.49. The molecule has 0 aliphatic carbocycles. The van der Waals surface area contributed by atoms with Crippen LogP contribution in [0.25, 0.3) is 0 Å². The number of benzene rings is 3. The van der Waals surface area contributed by atoms with Crippen molar-refractivity contribution in [3.05, 3.63) is 101 Å². The van der Waals surface area contributed by atoms with Crippen molar-refractivity contribution in [2.45, 2.75) is 32.5 Å². The summed E-state index contributed by atoms with van der Waals surface area (Å²) in [5, 5.41) is 10.1. The first-order valence-electron chi connectivity index (χ1n) is 11.3. The smallest absolute Gasteiger partial charge is 0.159 e. The van der Waals surface area contributed by atoms with Crippen molar-refractivity contribution in [2.75, 3.05) is 26.0 Å². The Labute approximate surface area is 202 Å². The molecule has 0 aromatic heterocycles. The molecular formula is C28H33ClN2O2. The Hall–Kier alpha value is -2.66. The number of hydrogen-bond donors (Lipinski definition) is 1. The van der Waals surface area contributed by atoms with E-state index >= 15 is 0 Å². The average molecular weight is 465 g/mol. The van der Waals surface area contributed by atoms with Crippen molar-refractivity contribution in [1.82, 2.24) is 9.80 Å². The van der Waals surface area contributed by atoms with Gasteiger partial charge in [-0.2, -0.15) is 0 Å². The van der Waals surface area contributed by atoms with Gasteiger partial charge in [-0.3, -0.25) is 14.6 Å². The Bertz CT molecular complexity index is 1040. The minimum absolute atomic E-state index is 0.0136. The van der Waals surface area contributed by atoms with E-state index in [4.69, 9.17) is 0 Å². The van der Waals surface area contributed by atoms with Gasteiger partial charge in [-0.15, -0.1) is 11.6 Å². The first-order chi connectivity index (χ1) is 16.0. The fraction of sp³-hybridized carbons (Fsp3) is 0.321. The normalized spacial score (nSPS) is 17.6. The number of aromatic hydroxyl groups is 1. The molecule has 3 aromatic rings. The zero-order valence-electron chi connectivity index (χ0n) is 19.6. The zero-order chi connectivity index (χ0) is 23.8. The number of carbonyl (C=O) groups is 1. The highest BCUT2D eigenvalue weighted by Crippen LogP contribution is 2.34. The first kappa shape index (κ1) is 25.0. The van der Waals surface area contributed by atoms with E-state index in [1.807, 2.05) is 30.3 Å². The van der Waals surface area contributed by atoms with Crippen molar-refractivity contribution in [3.63, 3.8) is 0 Å². The molecule has 1 aliphatic heterocycles. The molecule has 0 saturated carbocycles. The van der Waals surface area contributed by atoms with Crippen molar-refractivity contribution in [1.29, 1.82) is 0 Å². The Kier molecular flexibility index (Phi) is 9.07. The number of ketones is 1. The summed E-state index contributed by atoms with van der Waals surface area (Å²) < 4.78 is 0. The minimum atomic E-state index is -0.0136. The van der Waals surface area contributed by atoms with Crippen LogP contribution in [0.15, 0.2) is 78.9 Å². The summed E-state index contributed by atoms with van der Waals surface area (Å²) in [7, 11) is 0. The molecule has 3 aromatic carbocycles. The highest BCUT2D eigenvalue weighted by atomic mass is 35.5. The van der Waals surface area contributed by atoms with Gasteiger partial charge in [0.1, 0.15) is 5.75 Å². The molecule has 0 amide bonds. The number of halogens is 1. The Balaban J connectivity index is 0.00000149. The number of phenolic OH excluding ortho intramolecular Hbond substituents is 1. The molecule has 2 atom stereocenters. The number of alkyl halides is 1. The lowest BCUT2D eigenvalue weighted by atomic mass is 9.93. The summed E-state index contributed by atoms with van der Waals surface area (Å²) in [6.45, 7) is 7.68. The molecule has 5 heteroatoms. The van der Waals surface area contributed by atoms with Crippen LogP contribution in [0.4, 0.5) is 0 Å². The van der Waals surface area contributed by atoms with Crippen LogP contribution in [-0.2, 0) is 6.54 Å². The van der Waals surface area contributed by atoms with Crippen LogP contribution < -0.4 is 0 Å². The lowest BCUT2D eigenvalue weighted by Crippen LogP contribution is -2.52. The number of carbonyl (C=O) groups excluding carboxylic acids is 1. The van der Waals surface area contributed by atoms with Gasteiger partial charge in [0, 0.05) is 44.2 Å². The third-order valence-electron chi connectivity index (χ3n) is 6.14. The third-order valence-corrected chi connectivity index (χ3v) is 6.14. The number of nitrogens with zero attached hydrogens (tertiary/aromatic N) is 2. The van der Waals surface area contributed by atoms with E-state index in [-0.39, 0.29) is 17.6 Å². The van der Waals surface area contributed by atoms with Gasteiger partial charge >= 0.3 is 0 Å². The predicted molar refractivity (Wildman–Crippen MR) is 136 cm³/mol. The molecular weight excluding hydrogens is 432 g/mol. The predicted octanol–water partition coefficient (Wildman–Crippen LogP) is 5.75. The highest BCUT2D eigenvalue weighted by Gasteiger charge is 2.31. The van der Waals surface area contributed by atoms with Gasteiger partial charge in [0.25, 0.3) is 0 Å². The topological polar surface area (TPSA) is 43.8 Å².